The summed E-state index contributed by atoms with van der Waals surface area (Å²) in [6, 6.07) is 0.603. The third-order valence-corrected chi connectivity index (χ3v) is 3.30. The predicted octanol–water partition coefficient (Wildman–Crippen LogP) is 2.98. The van der Waals surface area contributed by atoms with Gasteiger partial charge in [-0.2, -0.15) is 0 Å². The van der Waals surface area contributed by atoms with Crippen molar-refractivity contribution in [3.63, 3.8) is 0 Å². The maximum Gasteiger partial charge on any atom is 0.0926 e. The summed E-state index contributed by atoms with van der Waals surface area (Å²) in [6.45, 7) is 7.51. The molecule has 80 valence electrons. The maximum absolute atomic E-state index is 4.52. The van der Waals surface area contributed by atoms with Gasteiger partial charge in [0, 0.05) is 18.0 Å². The highest BCUT2D eigenvalue weighted by molar-refractivity contribution is 7.09. The van der Waals surface area contributed by atoms with Crippen molar-refractivity contribution in [3.8, 4) is 0 Å². The topological polar surface area (TPSA) is 24.9 Å². The quantitative estimate of drug-likeness (QED) is 0.784. The second-order valence-electron chi connectivity index (χ2n) is 3.66. The Morgan fingerprint density at radius 1 is 1.50 bits per heavy atom. The van der Waals surface area contributed by atoms with E-state index in [9.17, 15) is 0 Å². The van der Waals surface area contributed by atoms with Crippen LogP contribution in [0.3, 0.4) is 0 Å². The predicted molar refractivity (Wildman–Crippen MR) is 62.7 cm³/mol. The molecular formula is C11H20N2S. The Hall–Kier alpha value is -0.410. The van der Waals surface area contributed by atoms with Crippen LogP contribution < -0.4 is 5.32 Å². The van der Waals surface area contributed by atoms with Gasteiger partial charge in [0.05, 0.1) is 10.7 Å². The molecule has 0 radical (unpaired) electrons. The number of rotatable bonds is 6. The number of thiazole rings is 1. The molecule has 0 amide bonds. The first-order chi connectivity index (χ1) is 6.76. The van der Waals surface area contributed by atoms with E-state index in [2.05, 4.69) is 36.5 Å². The number of hydrogen-bond acceptors (Lipinski definition) is 3. The number of nitrogens with one attached hydrogen (secondary N) is 1. The van der Waals surface area contributed by atoms with Crippen molar-refractivity contribution in [2.24, 2.45) is 0 Å². The summed E-state index contributed by atoms with van der Waals surface area (Å²) in [4.78, 5) is 4.52. The van der Waals surface area contributed by atoms with Crippen molar-refractivity contribution in [1.29, 1.82) is 0 Å². The normalized spacial score (nSPS) is 13.1. The summed E-state index contributed by atoms with van der Waals surface area (Å²) in [5.41, 5.74) is 1.19. The maximum atomic E-state index is 4.52. The van der Waals surface area contributed by atoms with Crippen molar-refractivity contribution < 1.29 is 0 Å². The molecule has 1 unspecified atom stereocenters. The van der Waals surface area contributed by atoms with Gasteiger partial charge in [-0.15, -0.1) is 11.3 Å². The molecule has 1 rings (SSSR count). The number of nitrogens with zero attached hydrogens (tertiary/aromatic N) is 1. The van der Waals surface area contributed by atoms with E-state index >= 15 is 0 Å². The van der Waals surface area contributed by atoms with E-state index < -0.39 is 0 Å². The van der Waals surface area contributed by atoms with Crippen LogP contribution in [0.2, 0.25) is 0 Å². The highest BCUT2D eigenvalue weighted by Gasteiger charge is 2.02. The molecule has 2 nitrogen and oxygen atoms in total. The fourth-order valence-electron chi connectivity index (χ4n) is 1.41. The molecule has 0 aromatic carbocycles. The monoisotopic (exact) mass is 212 g/mol. The molecule has 0 saturated heterocycles. The van der Waals surface area contributed by atoms with Crippen molar-refractivity contribution >= 4 is 11.3 Å². The third kappa shape index (κ3) is 3.76. The number of hydrogen-bond donors (Lipinski definition) is 1. The Balaban J connectivity index is 2.30. The smallest absolute Gasteiger partial charge is 0.0926 e. The Labute approximate surface area is 90.8 Å². The molecule has 14 heavy (non-hydrogen) atoms. The molecule has 0 aliphatic carbocycles. The first-order valence-corrected chi connectivity index (χ1v) is 6.30. The van der Waals surface area contributed by atoms with Gasteiger partial charge in [-0.25, -0.2) is 4.98 Å². The van der Waals surface area contributed by atoms with E-state index in [0.717, 1.165) is 13.0 Å². The Morgan fingerprint density at radius 2 is 2.29 bits per heavy atom. The van der Waals surface area contributed by atoms with Crippen LogP contribution in [0.15, 0.2) is 5.38 Å². The standard InChI is InChI=1S/C11H20N2S/c1-4-6-9(3)12-7-10-8-14-11(5-2)13-10/h8-9,12H,4-7H2,1-3H3. The first-order valence-electron chi connectivity index (χ1n) is 5.42. The van der Waals surface area contributed by atoms with Crippen LogP contribution in [0.1, 0.15) is 44.3 Å². The molecule has 0 aliphatic heterocycles. The summed E-state index contributed by atoms with van der Waals surface area (Å²) < 4.78 is 0. The Bertz CT molecular complexity index is 258. The zero-order valence-corrected chi connectivity index (χ0v) is 10.2. The van der Waals surface area contributed by atoms with E-state index in [1.807, 2.05) is 0 Å². The average molecular weight is 212 g/mol. The SMILES string of the molecule is CCCC(C)NCc1csc(CC)n1. The molecule has 1 aromatic heterocycles. The van der Waals surface area contributed by atoms with Crippen LogP contribution in [0.4, 0.5) is 0 Å². The van der Waals surface area contributed by atoms with Gasteiger partial charge < -0.3 is 5.32 Å². The summed E-state index contributed by atoms with van der Waals surface area (Å²) in [5, 5.41) is 6.88. The van der Waals surface area contributed by atoms with E-state index in [1.165, 1.54) is 23.5 Å². The molecule has 1 N–H and O–H groups in total. The number of aromatic nitrogens is 1. The van der Waals surface area contributed by atoms with E-state index in [-0.39, 0.29) is 0 Å². The minimum absolute atomic E-state index is 0.603. The number of aryl methyl sites for hydroxylation is 1. The Morgan fingerprint density at radius 3 is 2.86 bits per heavy atom. The van der Waals surface area contributed by atoms with Crippen LogP contribution in [-0.2, 0) is 13.0 Å². The first kappa shape index (κ1) is 11.7. The summed E-state index contributed by atoms with van der Waals surface area (Å²) in [7, 11) is 0. The lowest BCUT2D eigenvalue weighted by Gasteiger charge is -2.10. The van der Waals surface area contributed by atoms with Crippen LogP contribution in [-0.4, -0.2) is 11.0 Å². The molecule has 0 fully saturated rings. The third-order valence-electron chi connectivity index (χ3n) is 2.26. The fraction of sp³-hybridized carbons (Fsp3) is 0.727. The molecule has 0 saturated carbocycles. The van der Waals surface area contributed by atoms with Crippen molar-refractivity contribution in [2.45, 2.75) is 52.6 Å². The van der Waals surface area contributed by atoms with Gasteiger partial charge in [-0.3, -0.25) is 0 Å². The second-order valence-corrected chi connectivity index (χ2v) is 4.60. The van der Waals surface area contributed by atoms with E-state index in [1.54, 1.807) is 11.3 Å². The molecule has 0 bridgehead atoms. The second kappa shape index (κ2) is 6.14. The van der Waals surface area contributed by atoms with Crippen molar-refractivity contribution in [3.05, 3.63) is 16.1 Å². The van der Waals surface area contributed by atoms with Crippen molar-refractivity contribution in [1.82, 2.24) is 10.3 Å². The summed E-state index contributed by atoms with van der Waals surface area (Å²) in [5.74, 6) is 0. The van der Waals surface area contributed by atoms with Crippen LogP contribution in [0, 0.1) is 0 Å². The molecule has 1 aromatic rings. The lowest BCUT2D eigenvalue weighted by molar-refractivity contribution is 0.505. The molecule has 1 atom stereocenters. The lowest BCUT2D eigenvalue weighted by Crippen LogP contribution is -2.25. The largest absolute Gasteiger partial charge is 0.309 e. The molecular weight excluding hydrogens is 192 g/mol. The zero-order valence-electron chi connectivity index (χ0n) is 9.34. The van der Waals surface area contributed by atoms with Gasteiger partial charge in [0.15, 0.2) is 0 Å². The minimum Gasteiger partial charge on any atom is -0.309 e. The fourth-order valence-corrected chi connectivity index (χ4v) is 2.15. The highest BCUT2D eigenvalue weighted by Crippen LogP contribution is 2.10. The van der Waals surface area contributed by atoms with Gasteiger partial charge in [-0.1, -0.05) is 20.3 Å². The Kier molecular flexibility index (Phi) is 5.12. The van der Waals surface area contributed by atoms with E-state index in [4.69, 9.17) is 0 Å². The summed E-state index contributed by atoms with van der Waals surface area (Å²) >= 11 is 1.76. The summed E-state index contributed by atoms with van der Waals surface area (Å²) in [6.07, 6.45) is 3.53. The highest BCUT2D eigenvalue weighted by atomic mass is 32.1. The average Bonchev–Trinajstić information content (AvgIpc) is 2.63. The minimum atomic E-state index is 0.603. The molecule has 0 aliphatic rings. The zero-order chi connectivity index (χ0) is 10.4. The van der Waals surface area contributed by atoms with Gasteiger partial charge in [-0.05, 0) is 19.8 Å². The molecule has 3 heteroatoms. The van der Waals surface area contributed by atoms with Gasteiger partial charge in [0.25, 0.3) is 0 Å². The van der Waals surface area contributed by atoms with Crippen LogP contribution >= 0.6 is 11.3 Å². The van der Waals surface area contributed by atoms with Crippen molar-refractivity contribution in [2.75, 3.05) is 0 Å². The van der Waals surface area contributed by atoms with Gasteiger partial charge in [0.1, 0.15) is 0 Å². The lowest BCUT2D eigenvalue weighted by atomic mass is 10.2. The van der Waals surface area contributed by atoms with Gasteiger partial charge >= 0.3 is 0 Å². The molecule has 0 spiro atoms. The van der Waals surface area contributed by atoms with E-state index in [0.29, 0.717) is 6.04 Å². The molecule has 1 heterocycles. The van der Waals surface area contributed by atoms with Crippen LogP contribution in [0.25, 0.3) is 0 Å². The van der Waals surface area contributed by atoms with Crippen LogP contribution in [0.5, 0.6) is 0 Å². The van der Waals surface area contributed by atoms with Gasteiger partial charge in [0.2, 0.25) is 0 Å².